The van der Waals surface area contributed by atoms with E-state index in [1.54, 1.807) is 19.1 Å². The number of nitro benzene ring substituents is 1. The number of hydrogen-bond acceptors (Lipinski definition) is 5. The smallest absolute Gasteiger partial charge is 0.293 e. The van der Waals surface area contributed by atoms with E-state index in [0.29, 0.717) is 12.2 Å². The van der Waals surface area contributed by atoms with Gasteiger partial charge < -0.3 is 15.5 Å². The predicted octanol–water partition coefficient (Wildman–Crippen LogP) is 2.62. The number of hydrogen-bond donors (Lipinski definition) is 2. The van der Waals surface area contributed by atoms with Crippen molar-refractivity contribution in [3.63, 3.8) is 0 Å². The standard InChI is InChI=1S/C19H28N4O4/c1-3-10-20-18(24)14(2)21-19(25)15-8-9-16(17(13-15)23(26)27)22-11-6-4-5-7-12-22/h8-9,13-14H,3-7,10-12H2,1-2H3,(H,20,24)(H,21,25)/t14-/m1/s1. The number of carbonyl (C=O) groups excluding carboxylic acids is 2. The van der Waals surface area contributed by atoms with E-state index in [2.05, 4.69) is 10.6 Å². The van der Waals surface area contributed by atoms with Crippen molar-refractivity contribution in [2.45, 2.75) is 52.0 Å². The molecule has 8 nitrogen and oxygen atoms in total. The predicted molar refractivity (Wildman–Crippen MR) is 104 cm³/mol. The van der Waals surface area contributed by atoms with E-state index in [4.69, 9.17) is 0 Å². The molecular weight excluding hydrogens is 348 g/mol. The van der Waals surface area contributed by atoms with Gasteiger partial charge in [-0.2, -0.15) is 0 Å². The van der Waals surface area contributed by atoms with Gasteiger partial charge in [-0.3, -0.25) is 19.7 Å². The van der Waals surface area contributed by atoms with Gasteiger partial charge in [0.15, 0.2) is 0 Å². The van der Waals surface area contributed by atoms with Crippen LogP contribution >= 0.6 is 0 Å². The van der Waals surface area contributed by atoms with Crippen LogP contribution < -0.4 is 15.5 Å². The Hall–Kier alpha value is -2.64. The number of anilines is 1. The van der Waals surface area contributed by atoms with Gasteiger partial charge >= 0.3 is 0 Å². The van der Waals surface area contributed by atoms with Crippen molar-refractivity contribution >= 4 is 23.2 Å². The Bertz CT molecular complexity index is 684. The quantitative estimate of drug-likeness (QED) is 0.562. The number of carbonyl (C=O) groups is 2. The van der Waals surface area contributed by atoms with Gasteiger partial charge in [-0.1, -0.05) is 19.8 Å². The zero-order valence-corrected chi connectivity index (χ0v) is 16.0. The summed E-state index contributed by atoms with van der Waals surface area (Å²) in [5.74, 6) is -0.777. The van der Waals surface area contributed by atoms with E-state index in [0.717, 1.165) is 45.2 Å². The number of rotatable bonds is 7. The Morgan fingerprint density at radius 3 is 2.48 bits per heavy atom. The average molecular weight is 376 g/mol. The topological polar surface area (TPSA) is 105 Å². The summed E-state index contributed by atoms with van der Waals surface area (Å²) in [4.78, 5) is 37.4. The molecule has 2 rings (SSSR count). The molecule has 2 N–H and O–H groups in total. The third kappa shape index (κ3) is 5.67. The minimum atomic E-state index is -0.714. The van der Waals surface area contributed by atoms with E-state index >= 15 is 0 Å². The Labute approximate surface area is 159 Å². The largest absolute Gasteiger partial charge is 0.366 e. The minimum Gasteiger partial charge on any atom is -0.366 e. The molecule has 1 atom stereocenters. The molecule has 148 valence electrons. The van der Waals surface area contributed by atoms with Gasteiger partial charge in [0.05, 0.1) is 4.92 Å². The van der Waals surface area contributed by atoms with Crippen LogP contribution in [0.5, 0.6) is 0 Å². The molecule has 8 heteroatoms. The number of benzene rings is 1. The van der Waals surface area contributed by atoms with Crippen molar-refractivity contribution < 1.29 is 14.5 Å². The first-order valence-electron chi connectivity index (χ1n) is 9.56. The molecule has 0 bridgehead atoms. The van der Waals surface area contributed by atoms with Gasteiger partial charge in [0.1, 0.15) is 11.7 Å². The van der Waals surface area contributed by atoms with Crippen molar-refractivity contribution in [2.24, 2.45) is 0 Å². The summed E-state index contributed by atoms with van der Waals surface area (Å²) in [6.07, 6.45) is 5.07. The molecule has 1 aromatic rings. The molecule has 1 aliphatic heterocycles. The molecule has 0 aliphatic carbocycles. The average Bonchev–Trinajstić information content (AvgIpc) is 2.94. The van der Waals surface area contributed by atoms with E-state index in [-0.39, 0.29) is 17.2 Å². The highest BCUT2D eigenvalue weighted by molar-refractivity contribution is 5.98. The van der Waals surface area contributed by atoms with Gasteiger partial charge in [0.25, 0.3) is 11.6 Å². The Morgan fingerprint density at radius 2 is 1.89 bits per heavy atom. The summed E-state index contributed by atoms with van der Waals surface area (Å²) in [5.41, 5.74) is 0.648. The number of amides is 2. The van der Waals surface area contributed by atoms with Crippen molar-refractivity contribution in [3.05, 3.63) is 33.9 Å². The van der Waals surface area contributed by atoms with E-state index < -0.39 is 16.9 Å². The highest BCUT2D eigenvalue weighted by atomic mass is 16.6. The third-order valence-corrected chi connectivity index (χ3v) is 4.67. The summed E-state index contributed by atoms with van der Waals surface area (Å²) in [6.45, 7) is 5.62. The monoisotopic (exact) mass is 376 g/mol. The summed E-state index contributed by atoms with van der Waals surface area (Å²) < 4.78 is 0. The van der Waals surface area contributed by atoms with Crippen LogP contribution in [-0.4, -0.2) is 42.4 Å². The maximum absolute atomic E-state index is 12.4. The second-order valence-electron chi connectivity index (χ2n) is 6.85. The van der Waals surface area contributed by atoms with E-state index in [1.165, 1.54) is 6.07 Å². The van der Waals surface area contributed by atoms with Crippen molar-refractivity contribution in [1.29, 1.82) is 0 Å². The maximum Gasteiger partial charge on any atom is 0.293 e. The van der Waals surface area contributed by atoms with E-state index in [9.17, 15) is 19.7 Å². The first-order valence-corrected chi connectivity index (χ1v) is 9.56. The Balaban J connectivity index is 2.15. The molecule has 1 aliphatic rings. The first kappa shape index (κ1) is 20.7. The molecular formula is C19H28N4O4. The zero-order chi connectivity index (χ0) is 19.8. The molecule has 27 heavy (non-hydrogen) atoms. The lowest BCUT2D eigenvalue weighted by Gasteiger charge is -2.22. The highest BCUT2D eigenvalue weighted by Crippen LogP contribution is 2.31. The molecule has 2 amide bonds. The molecule has 1 saturated heterocycles. The number of nitrogens with zero attached hydrogens (tertiary/aromatic N) is 2. The zero-order valence-electron chi connectivity index (χ0n) is 16.0. The fourth-order valence-corrected chi connectivity index (χ4v) is 3.14. The van der Waals surface area contributed by atoms with Crippen molar-refractivity contribution in [2.75, 3.05) is 24.5 Å². The molecule has 0 spiro atoms. The molecule has 0 radical (unpaired) electrons. The lowest BCUT2D eigenvalue weighted by Crippen LogP contribution is -2.45. The summed E-state index contributed by atoms with van der Waals surface area (Å²) in [7, 11) is 0. The van der Waals surface area contributed by atoms with Crippen LogP contribution in [0.1, 0.15) is 56.3 Å². The lowest BCUT2D eigenvalue weighted by atomic mass is 10.1. The van der Waals surface area contributed by atoms with Gasteiger partial charge in [-0.05, 0) is 38.3 Å². The van der Waals surface area contributed by atoms with Crippen LogP contribution in [-0.2, 0) is 4.79 Å². The molecule has 0 unspecified atom stereocenters. The Morgan fingerprint density at radius 1 is 1.22 bits per heavy atom. The fourth-order valence-electron chi connectivity index (χ4n) is 3.14. The first-order chi connectivity index (χ1) is 12.9. The second-order valence-corrected chi connectivity index (χ2v) is 6.85. The maximum atomic E-state index is 12.4. The molecule has 1 aromatic carbocycles. The lowest BCUT2D eigenvalue weighted by molar-refractivity contribution is -0.384. The molecule has 1 fully saturated rings. The van der Waals surface area contributed by atoms with Gasteiger partial charge in [-0.25, -0.2) is 0 Å². The SMILES string of the molecule is CCCNC(=O)[C@@H](C)NC(=O)c1ccc(N2CCCCCC2)c([N+](=O)[O-])c1. The number of nitrogens with one attached hydrogen (secondary N) is 2. The summed E-state index contributed by atoms with van der Waals surface area (Å²) in [5, 5.41) is 16.9. The highest BCUT2D eigenvalue weighted by Gasteiger charge is 2.24. The normalized spacial score (nSPS) is 15.6. The summed E-state index contributed by atoms with van der Waals surface area (Å²) in [6, 6.07) is 3.81. The van der Waals surface area contributed by atoms with Crippen LogP contribution in [0.2, 0.25) is 0 Å². The van der Waals surface area contributed by atoms with Crippen molar-refractivity contribution in [1.82, 2.24) is 10.6 Å². The fraction of sp³-hybridized carbons (Fsp3) is 0.579. The van der Waals surface area contributed by atoms with E-state index in [1.807, 2.05) is 11.8 Å². The van der Waals surface area contributed by atoms with Crippen LogP contribution in [0, 0.1) is 10.1 Å². The van der Waals surface area contributed by atoms with Gasteiger partial charge in [0.2, 0.25) is 5.91 Å². The Kier molecular flexibility index (Phi) is 7.57. The van der Waals surface area contributed by atoms with Gasteiger partial charge in [-0.15, -0.1) is 0 Å². The van der Waals surface area contributed by atoms with Gasteiger partial charge in [0, 0.05) is 31.3 Å². The van der Waals surface area contributed by atoms with Crippen LogP contribution in [0.15, 0.2) is 18.2 Å². The molecule has 0 saturated carbocycles. The second kappa shape index (κ2) is 9.89. The minimum absolute atomic E-state index is 0.0763. The van der Waals surface area contributed by atoms with Crippen LogP contribution in [0.4, 0.5) is 11.4 Å². The van der Waals surface area contributed by atoms with Crippen LogP contribution in [0.25, 0.3) is 0 Å². The third-order valence-electron chi connectivity index (χ3n) is 4.67. The van der Waals surface area contributed by atoms with Crippen molar-refractivity contribution in [3.8, 4) is 0 Å². The number of nitro groups is 1. The molecule has 1 heterocycles. The van der Waals surface area contributed by atoms with Crippen LogP contribution in [0.3, 0.4) is 0 Å². The molecule has 0 aromatic heterocycles. The summed E-state index contributed by atoms with van der Waals surface area (Å²) >= 11 is 0.